The molecule has 7 heteroatoms. The molecule has 0 aromatic rings. The summed E-state index contributed by atoms with van der Waals surface area (Å²) in [5, 5.41) is 43.4. The van der Waals surface area contributed by atoms with Crippen LogP contribution in [0.2, 0.25) is 0 Å². The summed E-state index contributed by atoms with van der Waals surface area (Å²) in [6.07, 6.45) is 18.5. The fourth-order valence-corrected chi connectivity index (χ4v) is 17.8. The van der Waals surface area contributed by atoms with Crippen LogP contribution in [0.4, 0.5) is 0 Å². The summed E-state index contributed by atoms with van der Waals surface area (Å²) >= 11 is 0. The van der Waals surface area contributed by atoms with Gasteiger partial charge in [0.05, 0.1) is 18.3 Å². The number of aliphatic hydroxyl groups excluding tert-OH is 3. The minimum absolute atomic E-state index is 0.00434. The van der Waals surface area contributed by atoms with Gasteiger partial charge < -0.3 is 25.2 Å². The maximum Gasteiger partial charge on any atom is 0.306 e. The second-order valence-electron chi connectivity index (χ2n) is 22.7. The Morgan fingerprint density at radius 2 is 1.27 bits per heavy atom. The molecule has 0 aromatic heterocycles. The Labute approximate surface area is 332 Å². The Hall–Kier alpha value is -1.18. The molecule has 8 saturated carbocycles. The lowest BCUT2D eigenvalue weighted by Gasteiger charge is -2.62. The van der Waals surface area contributed by atoms with Crippen molar-refractivity contribution in [1.29, 1.82) is 0 Å². The minimum Gasteiger partial charge on any atom is -0.481 e. The van der Waals surface area contributed by atoms with Crippen molar-refractivity contribution in [2.75, 3.05) is 0 Å². The van der Waals surface area contributed by atoms with E-state index in [1.54, 1.807) is 0 Å². The van der Waals surface area contributed by atoms with Gasteiger partial charge in [-0.05, 0) is 208 Å². The van der Waals surface area contributed by atoms with Crippen LogP contribution < -0.4 is 0 Å². The second kappa shape index (κ2) is 14.8. The third-order valence-corrected chi connectivity index (χ3v) is 20.8. The fraction of sp³-hybridized carbons (Fsp3) is 0.958. The monoisotopic (exact) mass is 767 g/mol. The molecule has 0 aliphatic heterocycles. The van der Waals surface area contributed by atoms with Crippen LogP contribution in [-0.4, -0.2) is 56.8 Å². The third-order valence-electron chi connectivity index (χ3n) is 20.8. The average molecular weight is 767 g/mol. The van der Waals surface area contributed by atoms with Crippen LogP contribution in [0.15, 0.2) is 0 Å². The predicted molar refractivity (Wildman–Crippen MR) is 214 cm³/mol. The van der Waals surface area contributed by atoms with Crippen LogP contribution >= 0.6 is 0 Å². The number of carboxylic acids is 1. The first-order valence-corrected chi connectivity index (χ1v) is 23.5. The molecule has 0 aromatic carbocycles. The van der Waals surface area contributed by atoms with Gasteiger partial charge in [0, 0.05) is 12.8 Å². The van der Waals surface area contributed by atoms with Crippen molar-refractivity contribution in [2.45, 2.75) is 194 Å². The molecular weight excluding hydrogens is 689 g/mol. The Morgan fingerprint density at radius 1 is 0.636 bits per heavy atom. The number of carbonyl (C=O) groups is 2. The highest BCUT2D eigenvalue weighted by Gasteiger charge is 2.65. The zero-order valence-corrected chi connectivity index (χ0v) is 35.4. The van der Waals surface area contributed by atoms with E-state index >= 15 is 0 Å². The number of fused-ring (bicyclic) bond motifs is 10. The number of rotatable bonds is 9. The first kappa shape index (κ1) is 40.6. The summed E-state index contributed by atoms with van der Waals surface area (Å²) < 4.78 is 6.33. The van der Waals surface area contributed by atoms with Gasteiger partial charge in [-0.2, -0.15) is 0 Å². The Morgan fingerprint density at radius 3 is 2.04 bits per heavy atom. The van der Waals surface area contributed by atoms with E-state index in [9.17, 15) is 30.0 Å². The van der Waals surface area contributed by atoms with E-state index in [1.165, 1.54) is 38.5 Å². The Balaban J connectivity index is 0.842. The highest BCUT2D eigenvalue weighted by Crippen LogP contribution is 2.70. The van der Waals surface area contributed by atoms with Crippen molar-refractivity contribution in [2.24, 2.45) is 92.7 Å². The molecule has 0 saturated heterocycles. The molecule has 8 aliphatic rings. The normalized spacial score (nSPS) is 52.7. The average Bonchev–Trinajstić information content (AvgIpc) is 3.69. The number of ether oxygens (including phenoxy) is 1. The topological polar surface area (TPSA) is 124 Å². The van der Waals surface area contributed by atoms with Gasteiger partial charge in [-0.15, -0.1) is 0 Å². The molecule has 20 atom stereocenters. The number of hydrogen-bond acceptors (Lipinski definition) is 6. The van der Waals surface area contributed by atoms with Crippen LogP contribution in [-0.2, 0) is 14.3 Å². The number of aliphatic hydroxyl groups is 3. The summed E-state index contributed by atoms with van der Waals surface area (Å²) in [6.45, 7) is 14.5. The summed E-state index contributed by atoms with van der Waals surface area (Å²) in [4.78, 5) is 24.9. The lowest BCUT2D eigenvalue weighted by Crippen LogP contribution is -2.59. The van der Waals surface area contributed by atoms with E-state index in [0.29, 0.717) is 83.9 Å². The molecule has 8 rings (SSSR count). The van der Waals surface area contributed by atoms with Crippen LogP contribution in [0.5, 0.6) is 0 Å². The van der Waals surface area contributed by atoms with Crippen molar-refractivity contribution < 1.29 is 34.8 Å². The molecule has 0 spiro atoms. The maximum absolute atomic E-state index is 13.5. The number of carboxylic acid groups (broad SMARTS) is 1. The van der Waals surface area contributed by atoms with Crippen LogP contribution in [0.3, 0.4) is 0 Å². The second-order valence-corrected chi connectivity index (χ2v) is 22.7. The van der Waals surface area contributed by atoms with Gasteiger partial charge in [-0.3, -0.25) is 9.59 Å². The fourth-order valence-electron chi connectivity index (χ4n) is 17.8. The van der Waals surface area contributed by atoms with Gasteiger partial charge in [0.15, 0.2) is 0 Å². The predicted octanol–water partition coefficient (Wildman–Crippen LogP) is 9.44. The molecule has 0 bridgehead atoms. The number of carbonyl (C=O) groups excluding carboxylic acids is 1. The van der Waals surface area contributed by atoms with Crippen molar-refractivity contribution in [1.82, 2.24) is 0 Å². The van der Waals surface area contributed by atoms with Gasteiger partial charge >= 0.3 is 11.9 Å². The van der Waals surface area contributed by atoms with Crippen molar-refractivity contribution in [3.63, 3.8) is 0 Å². The first-order valence-electron chi connectivity index (χ1n) is 23.5. The highest BCUT2D eigenvalue weighted by molar-refractivity contribution is 5.69. The third kappa shape index (κ3) is 6.60. The van der Waals surface area contributed by atoms with E-state index in [-0.39, 0.29) is 58.5 Å². The van der Waals surface area contributed by atoms with E-state index in [1.807, 2.05) is 0 Å². The van der Waals surface area contributed by atoms with Crippen LogP contribution in [0.1, 0.15) is 170 Å². The van der Waals surface area contributed by atoms with Gasteiger partial charge in [-0.25, -0.2) is 0 Å². The van der Waals surface area contributed by atoms with Crippen LogP contribution in [0.25, 0.3) is 0 Å². The number of hydrogen-bond donors (Lipinski definition) is 4. The molecule has 312 valence electrons. The molecule has 8 aliphatic carbocycles. The Kier molecular flexibility index (Phi) is 10.9. The lowest BCUT2D eigenvalue weighted by molar-refractivity contribution is -0.182. The summed E-state index contributed by atoms with van der Waals surface area (Å²) in [7, 11) is 0. The molecule has 0 radical (unpaired) electrons. The zero-order chi connectivity index (χ0) is 39.2. The van der Waals surface area contributed by atoms with E-state index < -0.39 is 5.97 Å². The summed E-state index contributed by atoms with van der Waals surface area (Å²) in [5.74, 6) is 5.10. The SMILES string of the molecule is C[C@H](CCC(=O)O)[C@H]1CC[C@H]2[C@@H]3CC[C@@H]4C[C@H](OC(=O)CC[C@@H](C)[C@H]5CCC6C7C(CC[C@@]65C)[C@@]5(C)CC[C@H](O)CC5C[C@@H]7O)CC[C@]4(C)[C@H]3C[C@H](O)[C@]12C. The van der Waals surface area contributed by atoms with Gasteiger partial charge in [0.2, 0.25) is 0 Å². The standard InChI is InChI=1S/C48H78O7/c1-27(34-11-14-37-44-38(19-22-47(34,37)5)46(4)20-17-31(49)23-30(46)25-40(44)50)8-16-43(54)55-32-18-21-45(3)29(24-32)9-10-33-36-13-12-35(28(2)7-15-42(52)53)48(36,6)41(51)26-39(33)45/h27-41,44,49-51H,7-26H2,1-6H3,(H,52,53)/t27-,28-,29-,30?,31+,32-,33+,34-,35-,36+,37?,38?,39+,40+,41+,44?,45+,46+,47-,48-/m1/s1. The Bertz CT molecular complexity index is 1430. The van der Waals surface area contributed by atoms with Gasteiger partial charge in [0.25, 0.3) is 0 Å². The van der Waals surface area contributed by atoms with Crippen molar-refractivity contribution >= 4 is 11.9 Å². The number of esters is 1. The van der Waals surface area contributed by atoms with Gasteiger partial charge in [-0.1, -0.05) is 41.5 Å². The van der Waals surface area contributed by atoms with E-state index in [0.717, 1.165) is 70.6 Å². The molecule has 0 heterocycles. The highest BCUT2D eigenvalue weighted by atomic mass is 16.5. The summed E-state index contributed by atoms with van der Waals surface area (Å²) in [5.41, 5.74) is 0.516. The largest absolute Gasteiger partial charge is 0.481 e. The summed E-state index contributed by atoms with van der Waals surface area (Å²) in [6, 6.07) is 0. The minimum atomic E-state index is -0.719. The van der Waals surface area contributed by atoms with Crippen molar-refractivity contribution in [3.8, 4) is 0 Å². The van der Waals surface area contributed by atoms with E-state index in [2.05, 4.69) is 41.5 Å². The molecule has 0 amide bonds. The quantitative estimate of drug-likeness (QED) is 0.173. The first-order chi connectivity index (χ1) is 26.0. The lowest BCUT2D eigenvalue weighted by atomic mass is 9.43. The van der Waals surface area contributed by atoms with E-state index in [4.69, 9.17) is 4.74 Å². The molecule has 7 nitrogen and oxygen atoms in total. The van der Waals surface area contributed by atoms with Crippen molar-refractivity contribution in [3.05, 3.63) is 0 Å². The van der Waals surface area contributed by atoms with Crippen LogP contribution in [0, 0.1) is 92.7 Å². The molecule has 4 N–H and O–H groups in total. The molecule has 8 fully saturated rings. The number of aliphatic carboxylic acids is 1. The molecular formula is C48H78O7. The zero-order valence-electron chi connectivity index (χ0n) is 35.4. The molecule has 55 heavy (non-hydrogen) atoms. The maximum atomic E-state index is 13.5. The molecule has 4 unspecified atom stereocenters. The smallest absolute Gasteiger partial charge is 0.306 e. The van der Waals surface area contributed by atoms with Gasteiger partial charge in [0.1, 0.15) is 6.10 Å².